The molecule has 1 unspecified atom stereocenters. The molecule has 2 heterocycles. The number of carboxylic acid groups (broad SMARTS) is 1. The molecule has 3 aromatic carbocycles. The van der Waals surface area contributed by atoms with Crippen LogP contribution in [0.4, 0.5) is 17.1 Å². The fourth-order valence-electron chi connectivity index (χ4n) is 8.23. The van der Waals surface area contributed by atoms with Crippen LogP contribution in [-0.4, -0.2) is 36.1 Å². The minimum absolute atomic E-state index is 0.0143. The summed E-state index contributed by atoms with van der Waals surface area (Å²) < 4.78 is 0. The van der Waals surface area contributed by atoms with Gasteiger partial charge in [0, 0.05) is 46.8 Å². The van der Waals surface area contributed by atoms with Gasteiger partial charge in [-0.25, -0.2) is 0 Å². The van der Waals surface area contributed by atoms with Crippen molar-refractivity contribution in [2.24, 2.45) is 5.92 Å². The highest BCUT2D eigenvalue weighted by molar-refractivity contribution is 6.30. The van der Waals surface area contributed by atoms with Crippen molar-refractivity contribution in [3.63, 3.8) is 0 Å². The van der Waals surface area contributed by atoms with Crippen LogP contribution in [0.25, 0.3) is 0 Å². The maximum Gasteiger partial charge on any atom is 0.308 e. The number of carbonyl (C=O) groups excluding carboxylic acids is 1. The van der Waals surface area contributed by atoms with E-state index in [0.717, 1.165) is 59.9 Å². The molecule has 1 saturated heterocycles. The average molecular weight is 728 g/mol. The van der Waals surface area contributed by atoms with Gasteiger partial charge >= 0.3 is 5.97 Å². The second kappa shape index (κ2) is 20.7. The summed E-state index contributed by atoms with van der Waals surface area (Å²) in [5, 5.41) is 14.2. The van der Waals surface area contributed by atoms with Crippen LogP contribution in [0, 0.1) is 5.92 Å². The Kier molecular flexibility index (Phi) is 15.8. The van der Waals surface area contributed by atoms with Gasteiger partial charge < -0.3 is 20.2 Å². The lowest BCUT2D eigenvalue weighted by atomic mass is 9.90. The number of amides is 1. The Morgan fingerprint density at radius 3 is 2.12 bits per heavy atom. The van der Waals surface area contributed by atoms with Gasteiger partial charge in [0.1, 0.15) is 0 Å². The number of unbranched alkanes of at least 4 members (excludes halogenated alkanes) is 13. The second-order valence-corrected chi connectivity index (χ2v) is 15.8. The molecule has 7 heteroatoms. The first-order valence-electron chi connectivity index (χ1n) is 20.4. The summed E-state index contributed by atoms with van der Waals surface area (Å²) in [6.07, 6.45) is 22.3. The van der Waals surface area contributed by atoms with Crippen molar-refractivity contribution in [3.05, 3.63) is 88.4 Å². The Hall–Kier alpha value is -3.51. The monoisotopic (exact) mass is 727 g/mol. The second-order valence-electron chi connectivity index (χ2n) is 15.3. The number of anilines is 3. The van der Waals surface area contributed by atoms with Crippen molar-refractivity contribution in [1.82, 2.24) is 0 Å². The van der Waals surface area contributed by atoms with E-state index in [1.165, 1.54) is 89.0 Å². The van der Waals surface area contributed by atoms with Crippen LogP contribution in [0.1, 0.15) is 151 Å². The van der Waals surface area contributed by atoms with E-state index in [1.807, 2.05) is 41.3 Å². The number of hydrogen-bond donors (Lipinski definition) is 2. The molecule has 2 aliphatic rings. The first-order valence-corrected chi connectivity index (χ1v) is 20.8. The Balaban J connectivity index is 1.13. The van der Waals surface area contributed by atoms with E-state index in [1.54, 1.807) is 0 Å². The molecule has 0 bridgehead atoms. The highest BCUT2D eigenvalue weighted by atomic mass is 35.5. The van der Waals surface area contributed by atoms with Crippen molar-refractivity contribution < 1.29 is 14.7 Å². The predicted octanol–water partition coefficient (Wildman–Crippen LogP) is 12.3. The first kappa shape index (κ1) is 39.7. The number of hydrogen-bond acceptors (Lipinski definition) is 4. The third-order valence-electron chi connectivity index (χ3n) is 11.3. The molecular weight excluding hydrogens is 666 g/mol. The number of carbonyl (C=O) groups is 2. The molecule has 2 N–H and O–H groups in total. The quantitative estimate of drug-likeness (QED) is 0.113. The summed E-state index contributed by atoms with van der Waals surface area (Å²) in [6, 6.07) is 22.2. The number of benzene rings is 3. The van der Waals surface area contributed by atoms with Crippen molar-refractivity contribution in [1.29, 1.82) is 0 Å². The number of piperidine rings is 1. The smallest absolute Gasteiger partial charge is 0.308 e. The van der Waals surface area contributed by atoms with Crippen molar-refractivity contribution in [3.8, 4) is 0 Å². The van der Waals surface area contributed by atoms with Gasteiger partial charge in [0.2, 0.25) is 0 Å². The fraction of sp³-hybridized carbons (Fsp3) is 0.556. The number of carboxylic acids is 1. The Labute approximate surface area is 318 Å². The summed E-state index contributed by atoms with van der Waals surface area (Å²) in [4.78, 5) is 29.7. The van der Waals surface area contributed by atoms with E-state index in [-0.39, 0.29) is 23.9 Å². The number of para-hydroxylation sites is 1. The lowest BCUT2D eigenvalue weighted by molar-refractivity contribution is -0.141. The van der Waals surface area contributed by atoms with Gasteiger partial charge in [-0.2, -0.15) is 0 Å². The molecule has 3 aromatic rings. The molecule has 0 aromatic heterocycles. The number of rotatable bonds is 20. The number of nitrogens with zero attached hydrogens (tertiary/aromatic N) is 2. The normalized spacial score (nSPS) is 18.6. The van der Waals surface area contributed by atoms with Crippen molar-refractivity contribution >= 4 is 40.5 Å². The zero-order valence-corrected chi connectivity index (χ0v) is 32.5. The molecule has 5 rings (SSSR count). The molecule has 6 nitrogen and oxygen atoms in total. The van der Waals surface area contributed by atoms with Crippen LogP contribution >= 0.6 is 11.6 Å². The number of halogens is 1. The highest BCUT2D eigenvalue weighted by Gasteiger charge is 2.34. The molecule has 2 aliphatic heterocycles. The molecule has 282 valence electrons. The van der Waals surface area contributed by atoms with E-state index in [2.05, 4.69) is 54.4 Å². The third-order valence-corrected chi connectivity index (χ3v) is 11.5. The van der Waals surface area contributed by atoms with E-state index >= 15 is 0 Å². The Morgan fingerprint density at radius 1 is 0.827 bits per heavy atom. The van der Waals surface area contributed by atoms with Gasteiger partial charge in [-0.15, -0.1) is 0 Å². The fourth-order valence-corrected chi connectivity index (χ4v) is 8.43. The van der Waals surface area contributed by atoms with Crippen LogP contribution in [0.3, 0.4) is 0 Å². The Morgan fingerprint density at radius 2 is 1.46 bits per heavy atom. The standard InChI is InChI=1S/C45H62ClN3O3/c1-3-4-5-6-7-8-9-10-11-12-13-14-15-16-20-36-32-38(46)26-29-41(36)47-42-31-34(2)49(43-23-18-17-22-40(42)43)44(50)35-24-27-39(28-25-35)48-30-19-21-37(33-48)45(51)52/h17-18,22-29,32,34,37,42,47H,3-16,19-21,30-31,33H2,1-2H3,(H,51,52)/t34-,37?,42+/m0/s1. The molecule has 0 radical (unpaired) electrons. The topological polar surface area (TPSA) is 72.9 Å². The van der Waals surface area contributed by atoms with E-state index in [9.17, 15) is 14.7 Å². The van der Waals surface area contributed by atoms with E-state index < -0.39 is 5.97 Å². The van der Waals surface area contributed by atoms with Crippen LogP contribution in [0.5, 0.6) is 0 Å². The van der Waals surface area contributed by atoms with Crippen molar-refractivity contribution in [2.75, 3.05) is 28.2 Å². The Bertz CT molecular complexity index is 1560. The lowest BCUT2D eigenvalue weighted by Gasteiger charge is -2.40. The zero-order chi connectivity index (χ0) is 36.7. The van der Waals surface area contributed by atoms with Gasteiger partial charge in [0.15, 0.2) is 0 Å². The number of nitrogens with one attached hydrogen (secondary N) is 1. The summed E-state index contributed by atoms with van der Waals surface area (Å²) in [5.74, 6) is -1.10. The van der Waals surface area contributed by atoms with Crippen molar-refractivity contribution in [2.45, 2.75) is 142 Å². The molecule has 52 heavy (non-hydrogen) atoms. The molecule has 3 atom stereocenters. The zero-order valence-electron chi connectivity index (χ0n) is 31.8. The van der Waals surface area contributed by atoms with Crippen LogP contribution < -0.4 is 15.1 Å². The van der Waals surface area contributed by atoms with Gasteiger partial charge in [-0.1, -0.05) is 120 Å². The minimum Gasteiger partial charge on any atom is -0.481 e. The highest BCUT2D eigenvalue weighted by Crippen LogP contribution is 2.40. The molecular formula is C45H62ClN3O3. The molecule has 0 saturated carbocycles. The number of aliphatic carboxylic acids is 1. The first-order chi connectivity index (χ1) is 25.4. The largest absolute Gasteiger partial charge is 0.481 e. The van der Waals surface area contributed by atoms with Gasteiger partial charge in [-0.3, -0.25) is 9.59 Å². The minimum atomic E-state index is -0.737. The van der Waals surface area contributed by atoms with Gasteiger partial charge in [0.25, 0.3) is 5.91 Å². The molecule has 1 amide bonds. The van der Waals surface area contributed by atoms with Crippen LogP contribution in [0.15, 0.2) is 66.7 Å². The van der Waals surface area contributed by atoms with Crippen LogP contribution in [0.2, 0.25) is 5.02 Å². The maximum absolute atomic E-state index is 14.1. The number of aryl methyl sites for hydroxylation is 1. The summed E-state index contributed by atoms with van der Waals surface area (Å²) >= 11 is 6.52. The third kappa shape index (κ3) is 11.2. The summed E-state index contributed by atoms with van der Waals surface area (Å²) in [6.45, 7) is 5.75. The molecule has 0 spiro atoms. The van der Waals surface area contributed by atoms with E-state index in [0.29, 0.717) is 18.5 Å². The summed E-state index contributed by atoms with van der Waals surface area (Å²) in [7, 11) is 0. The van der Waals surface area contributed by atoms with Gasteiger partial charge in [-0.05, 0) is 98.7 Å². The molecule has 1 fully saturated rings. The maximum atomic E-state index is 14.1. The lowest BCUT2D eigenvalue weighted by Crippen LogP contribution is -2.44. The average Bonchev–Trinajstić information content (AvgIpc) is 3.16. The van der Waals surface area contributed by atoms with Gasteiger partial charge in [0.05, 0.1) is 12.0 Å². The van der Waals surface area contributed by atoms with E-state index in [4.69, 9.17) is 11.6 Å². The summed E-state index contributed by atoms with van der Waals surface area (Å²) in [5.41, 5.74) is 6.05. The number of fused-ring (bicyclic) bond motifs is 1. The van der Waals surface area contributed by atoms with Crippen LogP contribution in [-0.2, 0) is 11.2 Å². The molecule has 0 aliphatic carbocycles. The predicted molar refractivity (Wildman–Crippen MR) is 218 cm³/mol. The SMILES string of the molecule is CCCCCCCCCCCCCCCCc1cc(Cl)ccc1N[C@@H]1C[C@H](C)N(C(=O)c2ccc(N3CCCC(C(=O)O)C3)cc2)c2ccccc21.